The maximum Gasteiger partial charge on any atom is 0.192 e. The molecule has 16 heavy (non-hydrogen) atoms. The van der Waals surface area contributed by atoms with Crippen molar-refractivity contribution < 1.29 is 9.15 Å². The molecule has 0 unspecified atom stereocenters. The van der Waals surface area contributed by atoms with Crippen LogP contribution in [-0.2, 0) is 0 Å². The summed E-state index contributed by atoms with van der Waals surface area (Å²) >= 11 is 4.76. The van der Waals surface area contributed by atoms with E-state index in [2.05, 4.69) is 4.98 Å². The minimum absolute atomic E-state index is 0.455. The fraction of sp³-hybridized carbons (Fsp3) is 0.273. The molecule has 1 heterocycles. The van der Waals surface area contributed by atoms with Gasteiger partial charge in [-0.1, -0.05) is 12.2 Å². The summed E-state index contributed by atoms with van der Waals surface area (Å²) in [5.41, 5.74) is 6.93. The quantitative estimate of drug-likeness (QED) is 0.824. The van der Waals surface area contributed by atoms with Crippen LogP contribution >= 0.6 is 12.2 Å². The summed E-state index contributed by atoms with van der Waals surface area (Å²) in [7, 11) is 0. The lowest BCUT2D eigenvalue weighted by atomic mass is 10.3. The van der Waals surface area contributed by atoms with Gasteiger partial charge in [0.05, 0.1) is 11.6 Å². The number of benzene rings is 1. The monoisotopic (exact) mass is 236 g/mol. The lowest BCUT2D eigenvalue weighted by Gasteiger charge is -2.04. The van der Waals surface area contributed by atoms with Gasteiger partial charge in [-0.3, -0.25) is 0 Å². The van der Waals surface area contributed by atoms with E-state index in [1.807, 2.05) is 25.1 Å². The van der Waals surface area contributed by atoms with Crippen LogP contribution in [0.15, 0.2) is 22.6 Å². The summed E-state index contributed by atoms with van der Waals surface area (Å²) in [6.45, 7) is 2.29. The number of nitrogens with two attached hydrogens (primary N) is 1. The fourth-order valence-electron chi connectivity index (χ4n) is 1.38. The molecule has 2 N–H and O–H groups in total. The van der Waals surface area contributed by atoms with Gasteiger partial charge in [-0.2, -0.15) is 0 Å². The van der Waals surface area contributed by atoms with Crippen LogP contribution in [-0.4, -0.2) is 16.6 Å². The molecule has 0 aliphatic carbocycles. The molecule has 0 aliphatic heterocycles. The molecule has 0 radical (unpaired) electrons. The number of oxazole rings is 1. The van der Waals surface area contributed by atoms with Crippen LogP contribution in [0.1, 0.15) is 12.3 Å². The van der Waals surface area contributed by atoms with Crippen molar-refractivity contribution in [1.29, 1.82) is 0 Å². The van der Waals surface area contributed by atoms with E-state index in [0.717, 1.165) is 16.8 Å². The summed E-state index contributed by atoms with van der Waals surface area (Å²) < 4.78 is 10.9. The molecule has 1 aromatic carbocycles. The Morgan fingerprint density at radius 3 is 3.12 bits per heavy atom. The van der Waals surface area contributed by atoms with Crippen molar-refractivity contribution in [3.8, 4) is 5.75 Å². The fourth-order valence-corrected chi connectivity index (χ4v) is 1.46. The van der Waals surface area contributed by atoms with Gasteiger partial charge in [-0.25, -0.2) is 4.98 Å². The summed E-state index contributed by atoms with van der Waals surface area (Å²) in [6.07, 6.45) is 0.572. The highest BCUT2D eigenvalue weighted by Gasteiger charge is 2.03. The molecule has 0 bridgehead atoms. The van der Waals surface area contributed by atoms with Crippen LogP contribution in [0, 0.1) is 6.92 Å². The minimum Gasteiger partial charge on any atom is -0.493 e. The molecule has 2 rings (SSSR count). The van der Waals surface area contributed by atoms with Gasteiger partial charge in [0, 0.05) is 19.4 Å². The third-order valence-corrected chi connectivity index (χ3v) is 2.29. The van der Waals surface area contributed by atoms with E-state index >= 15 is 0 Å². The van der Waals surface area contributed by atoms with Gasteiger partial charge in [0.2, 0.25) is 0 Å². The Labute approximate surface area is 98.4 Å². The van der Waals surface area contributed by atoms with E-state index in [1.165, 1.54) is 0 Å². The Hall–Kier alpha value is -1.62. The normalized spacial score (nSPS) is 10.6. The Kier molecular flexibility index (Phi) is 3.05. The summed E-state index contributed by atoms with van der Waals surface area (Å²) in [5, 5.41) is 0. The number of aromatic nitrogens is 1. The van der Waals surface area contributed by atoms with Crippen molar-refractivity contribution in [2.75, 3.05) is 6.61 Å². The molecular formula is C11H12N2O2S. The number of fused-ring (bicyclic) bond motifs is 1. The average molecular weight is 236 g/mol. The second-order valence-corrected chi connectivity index (χ2v) is 3.95. The molecule has 0 saturated heterocycles. The number of ether oxygens (including phenoxy) is 1. The van der Waals surface area contributed by atoms with Crippen molar-refractivity contribution in [2.45, 2.75) is 13.3 Å². The lowest BCUT2D eigenvalue weighted by molar-refractivity contribution is 0.329. The SMILES string of the molecule is Cc1nc2ccc(OCCC(N)=S)cc2o1. The van der Waals surface area contributed by atoms with Crippen molar-refractivity contribution in [3.05, 3.63) is 24.1 Å². The van der Waals surface area contributed by atoms with E-state index in [0.29, 0.717) is 23.9 Å². The minimum atomic E-state index is 0.455. The molecule has 0 atom stereocenters. The zero-order valence-corrected chi connectivity index (χ0v) is 9.71. The standard InChI is InChI=1S/C11H12N2O2S/c1-7-13-9-3-2-8(6-10(9)15-7)14-5-4-11(12)16/h2-3,6H,4-5H2,1H3,(H2,12,16). The van der Waals surface area contributed by atoms with Crippen LogP contribution < -0.4 is 10.5 Å². The van der Waals surface area contributed by atoms with Crippen LogP contribution in [0.2, 0.25) is 0 Å². The Bertz CT molecular complexity index is 522. The molecule has 0 saturated carbocycles. The second kappa shape index (κ2) is 4.49. The first-order valence-electron chi connectivity index (χ1n) is 4.93. The smallest absolute Gasteiger partial charge is 0.192 e. The lowest BCUT2D eigenvalue weighted by Crippen LogP contribution is -2.12. The van der Waals surface area contributed by atoms with Gasteiger partial charge in [-0.05, 0) is 12.1 Å². The molecule has 84 valence electrons. The van der Waals surface area contributed by atoms with Gasteiger partial charge in [-0.15, -0.1) is 0 Å². The van der Waals surface area contributed by atoms with E-state index < -0.39 is 0 Å². The predicted octanol–water partition coefficient (Wildman–Crippen LogP) is 2.19. The van der Waals surface area contributed by atoms with Crippen molar-refractivity contribution >= 4 is 28.3 Å². The van der Waals surface area contributed by atoms with Gasteiger partial charge < -0.3 is 14.9 Å². The summed E-state index contributed by atoms with van der Waals surface area (Å²) in [5.74, 6) is 1.38. The summed E-state index contributed by atoms with van der Waals surface area (Å²) in [4.78, 5) is 4.65. The Balaban J connectivity index is 2.10. The van der Waals surface area contributed by atoms with Crippen LogP contribution in [0.5, 0.6) is 5.75 Å². The maximum absolute atomic E-state index is 5.48. The highest BCUT2D eigenvalue weighted by molar-refractivity contribution is 7.80. The van der Waals surface area contributed by atoms with E-state index in [9.17, 15) is 0 Å². The molecule has 2 aromatic rings. The van der Waals surface area contributed by atoms with Crippen molar-refractivity contribution in [1.82, 2.24) is 4.98 Å². The zero-order valence-electron chi connectivity index (χ0n) is 8.90. The Morgan fingerprint density at radius 2 is 2.38 bits per heavy atom. The van der Waals surface area contributed by atoms with E-state index in [1.54, 1.807) is 0 Å². The first kappa shape index (κ1) is 10.9. The van der Waals surface area contributed by atoms with Crippen LogP contribution in [0.3, 0.4) is 0 Å². The number of nitrogens with zero attached hydrogens (tertiary/aromatic N) is 1. The number of hydrogen-bond donors (Lipinski definition) is 1. The molecule has 0 aliphatic rings. The maximum atomic E-state index is 5.48. The number of hydrogen-bond acceptors (Lipinski definition) is 4. The van der Waals surface area contributed by atoms with Crippen LogP contribution in [0.4, 0.5) is 0 Å². The topological polar surface area (TPSA) is 61.3 Å². The zero-order chi connectivity index (χ0) is 11.5. The van der Waals surface area contributed by atoms with Crippen LogP contribution in [0.25, 0.3) is 11.1 Å². The molecule has 5 heteroatoms. The van der Waals surface area contributed by atoms with E-state index in [-0.39, 0.29) is 0 Å². The van der Waals surface area contributed by atoms with Gasteiger partial charge in [0.25, 0.3) is 0 Å². The highest BCUT2D eigenvalue weighted by Crippen LogP contribution is 2.21. The predicted molar refractivity (Wildman–Crippen MR) is 65.6 cm³/mol. The molecule has 0 spiro atoms. The highest BCUT2D eigenvalue weighted by atomic mass is 32.1. The van der Waals surface area contributed by atoms with Gasteiger partial charge >= 0.3 is 0 Å². The van der Waals surface area contributed by atoms with E-state index in [4.69, 9.17) is 27.1 Å². The first-order chi connectivity index (χ1) is 7.65. The number of rotatable bonds is 4. The molecule has 0 fully saturated rings. The third-order valence-electron chi connectivity index (χ3n) is 2.08. The van der Waals surface area contributed by atoms with Crippen molar-refractivity contribution in [2.24, 2.45) is 5.73 Å². The van der Waals surface area contributed by atoms with Crippen molar-refractivity contribution in [3.63, 3.8) is 0 Å². The first-order valence-corrected chi connectivity index (χ1v) is 5.34. The Morgan fingerprint density at radius 1 is 1.56 bits per heavy atom. The largest absolute Gasteiger partial charge is 0.493 e. The summed E-state index contributed by atoms with van der Waals surface area (Å²) in [6, 6.07) is 5.53. The molecule has 0 amide bonds. The van der Waals surface area contributed by atoms with Gasteiger partial charge in [0.1, 0.15) is 11.3 Å². The number of thiocarbonyl (C=S) groups is 1. The third kappa shape index (κ3) is 2.49. The average Bonchev–Trinajstić information content (AvgIpc) is 2.56. The molecule has 1 aromatic heterocycles. The van der Waals surface area contributed by atoms with Gasteiger partial charge in [0.15, 0.2) is 11.5 Å². The molecular weight excluding hydrogens is 224 g/mol. The molecule has 4 nitrogen and oxygen atoms in total. The second-order valence-electron chi connectivity index (χ2n) is 3.43. The number of aryl methyl sites for hydroxylation is 1.